The zero-order chi connectivity index (χ0) is 22.2. The Morgan fingerprint density at radius 1 is 1.03 bits per heavy atom. The maximum Gasteiger partial charge on any atom is 0.328 e. The Hall–Kier alpha value is -2.61. The van der Waals surface area contributed by atoms with Gasteiger partial charge < -0.3 is 24.7 Å². The second kappa shape index (κ2) is 15.3. The molecule has 1 aliphatic heterocycles. The summed E-state index contributed by atoms with van der Waals surface area (Å²) in [5.41, 5.74) is 1.19. The van der Waals surface area contributed by atoms with Gasteiger partial charge in [-0.15, -0.1) is 0 Å². The molecule has 2 N–H and O–H groups in total. The van der Waals surface area contributed by atoms with Gasteiger partial charge in [-0.1, -0.05) is 32.6 Å². The molecular formula is C22H35N3O5. The van der Waals surface area contributed by atoms with Crippen molar-refractivity contribution in [2.45, 2.75) is 45.4 Å². The van der Waals surface area contributed by atoms with Gasteiger partial charge in [0.15, 0.2) is 0 Å². The van der Waals surface area contributed by atoms with Crippen molar-refractivity contribution in [3.8, 4) is 5.75 Å². The molecule has 0 bridgehead atoms. The minimum atomic E-state index is -1.26. The minimum Gasteiger partial charge on any atom is -0.492 e. The number of hydrogen-bond donors (Lipinski definition) is 2. The van der Waals surface area contributed by atoms with Gasteiger partial charge in [-0.25, -0.2) is 9.59 Å². The minimum absolute atomic E-state index is 0.558. The van der Waals surface area contributed by atoms with E-state index in [4.69, 9.17) is 14.9 Å². The van der Waals surface area contributed by atoms with Crippen molar-refractivity contribution in [3.05, 3.63) is 30.6 Å². The van der Waals surface area contributed by atoms with Crippen molar-refractivity contribution in [1.82, 2.24) is 9.88 Å². The number of carboxylic acid groups (broad SMARTS) is 2. The highest BCUT2D eigenvalue weighted by Gasteiger charge is 2.13. The van der Waals surface area contributed by atoms with E-state index in [1.165, 1.54) is 44.3 Å². The molecule has 168 valence electrons. The number of ether oxygens (including phenoxy) is 1. The van der Waals surface area contributed by atoms with Crippen molar-refractivity contribution < 1.29 is 24.5 Å². The Kier molecular flexibility index (Phi) is 12.9. The highest BCUT2D eigenvalue weighted by Crippen LogP contribution is 2.21. The third-order valence-corrected chi connectivity index (χ3v) is 4.67. The fourth-order valence-electron chi connectivity index (χ4n) is 3.00. The number of aliphatic carboxylic acids is 2. The predicted molar refractivity (Wildman–Crippen MR) is 117 cm³/mol. The number of pyridine rings is 1. The van der Waals surface area contributed by atoms with Gasteiger partial charge in [0.25, 0.3) is 0 Å². The number of anilines is 1. The van der Waals surface area contributed by atoms with E-state index >= 15 is 0 Å². The second-order valence-corrected chi connectivity index (χ2v) is 7.30. The summed E-state index contributed by atoms with van der Waals surface area (Å²) in [5, 5.41) is 15.6. The molecule has 0 atom stereocenters. The van der Waals surface area contributed by atoms with Crippen LogP contribution < -0.4 is 9.64 Å². The molecule has 0 unspecified atom stereocenters. The Balaban J connectivity index is 0.000000479. The summed E-state index contributed by atoms with van der Waals surface area (Å²) in [7, 11) is 2.19. The summed E-state index contributed by atoms with van der Waals surface area (Å²) >= 11 is 0. The molecule has 0 spiro atoms. The van der Waals surface area contributed by atoms with Gasteiger partial charge in [-0.2, -0.15) is 0 Å². The number of unbranched alkanes of at least 4 members (excludes halogenated alkanes) is 4. The van der Waals surface area contributed by atoms with Gasteiger partial charge in [0, 0.05) is 37.9 Å². The molecule has 8 heteroatoms. The van der Waals surface area contributed by atoms with E-state index in [2.05, 4.69) is 34.8 Å². The second-order valence-electron chi connectivity index (χ2n) is 7.30. The normalized spacial score (nSPS) is 14.7. The average molecular weight is 422 g/mol. The summed E-state index contributed by atoms with van der Waals surface area (Å²) in [6.45, 7) is 7.51. The van der Waals surface area contributed by atoms with E-state index < -0.39 is 11.9 Å². The third-order valence-electron chi connectivity index (χ3n) is 4.67. The first-order valence-electron chi connectivity index (χ1n) is 10.6. The first-order valence-corrected chi connectivity index (χ1v) is 10.6. The fourth-order valence-corrected chi connectivity index (χ4v) is 3.00. The molecule has 0 aromatic carbocycles. The highest BCUT2D eigenvalue weighted by molar-refractivity contribution is 5.89. The summed E-state index contributed by atoms with van der Waals surface area (Å²) in [5.74, 6) is -1.61. The van der Waals surface area contributed by atoms with Crippen LogP contribution >= 0.6 is 0 Å². The molecule has 0 saturated carbocycles. The summed E-state index contributed by atoms with van der Waals surface area (Å²) in [6.07, 6.45) is 12.5. The maximum absolute atomic E-state index is 9.55. The number of rotatable bonds is 10. The first kappa shape index (κ1) is 25.4. The quantitative estimate of drug-likeness (QED) is 0.438. The molecule has 1 fully saturated rings. The summed E-state index contributed by atoms with van der Waals surface area (Å²) in [6, 6.07) is 2.14. The Bertz CT molecular complexity index is 650. The molecule has 0 radical (unpaired) electrons. The maximum atomic E-state index is 9.55. The molecule has 1 saturated heterocycles. The zero-order valence-corrected chi connectivity index (χ0v) is 18.1. The third kappa shape index (κ3) is 12.1. The largest absolute Gasteiger partial charge is 0.492 e. The number of nitrogens with zero attached hydrogens (tertiary/aromatic N) is 3. The number of carbonyl (C=O) groups is 2. The van der Waals surface area contributed by atoms with E-state index in [1.54, 1.807) is 0 Å². The van der Waals surface area contributed by atoms with Crippen LogP contribution in [0.1, 0.15) is 45.4 Å². The van der Waals surface area contributed by atoms with Crippen LogP contribution in [0.15, 0.2) is 30.6 Å². The van der Waals surface area contributed by atoms with Gasteiger partial charge >= 0.3 is 11.9 Å². The van der Waals surface area contributed by atoms with Crippen LogP contribution in [0.4, 0.5) is 5.69 Å². The Morgan fingerprint density at radius 3 is 2.40 bits per heavy atom. The molecule has 2 rings (SSSR count). The molecular weight excluding hydrogens is 386 g/mol. The number of aromatic nitrogens is 1. The lowest BCUT2D eigenvalue weighted by atomic mass is 10.2. The molecule has 1 aromatic rings. The molecule has 0 amide bonds. The van der Waals surface area contributed by atoms with Crippen molar-refractivity contribution in [1.29, 1.82) is 0 Å². The van der Waals surface area contributed by atoms with E-state index in [1.807, 2.05) is 12.4 Å². The van der Waals surface area contributed by atoms with Crippen LogP contribution in [0.25, 0.3) is 0 Å². The van der Waals surface area contributed by atoms with E-state index in [9.17, 15) is 9.59 Å². The lowest BCUT2D eigenvalue weighted by molar-refractivity contribution is -0.134. The number of carboxylic acids is 2. The van der Waals surface area contributed by atoms with E-state index in [0.29, 0.717) is 12.2 Å². The molecule has 8 nitrogen and oxygen atoms in total. The van der Waals surface area contributed by atoms with Gasteiger partial charge in [0.1, 0.15) is 5.75 Å². The van der Waals surface area contributed by atoms with Gasteiger partial charge in [-0.05, 0) is 26.4 Å². The molecule has 30 heavy (non-hydrogen) atoms. The van der Waals surface area contributed by atoms with Crippen LogP contribution in [0.2, 0.25) is 0 Å². The first-order chi connectivity index (χ1) is 14.4. The standard InChI is InChI=1S/C18H31N3O.C4H4O4/c1-3-4-5-6-7-13-22-18-14-17(15-19-16-18)21-10-8-9-20(2)11-12-21;5-3(6)1-2-4(7)8/h14-16H,3-13H2,1-2H3;1-2H,(H,5,6)(H,7,8)/b;2-1+. The van der Waals surface area contributed by atoms with Crippen LogP contribution in [-0.4, -0.2) is 71.9 Å². The van der Waals surface area contributed by atoms with Crippen LogP contribution in [0, 0.1) is 0 Å². The van der Waals surface area contributed by atoms with Gasteiger partial charge in [-0.3, -0.25) is 4.98 Å². The topological polar surface area (TPSA) is 103 Å². The Labute approximate surface area is 179 Å². The SMILES string of the molecule is CCCCCCCOc1cncc(N2CCCN(C)CC2)c1.O=C(O)/C=C/C(=O)O. The molecule has 1 aromatic heterocycles. The smallest absolute Gasteiger partial charge is 0.328 e. The zero-order valence-electron chi connectivity index (χ0n) is 18.1. The van der Waals surface area contributed by atoms with Crippen molar-refractivity contribution in [3.63, 3.8) is 0 Å². The van der Waals surface area contributed by atoms with Crippen LogP contribution in [-0.2, 0) is 9.59 Å². The molecule has 0 aliphatic carbocycles. The van der Waals surface area contributed by atoms with Gasteiger partial charge in [0.05, 0.1) is 24.7 Å². The average Bonchev–Trinajstić information content (AvgIpc) is 2.94. The molecule has 1 aliphatic rings. The van der Waals surface area contributed by atoms with Crippen molar-refractivity contribution in [2.75, 3.05) is 44.7 Å². The molecule has 2 heterocycles. The number of hydrogen-bond acceptors (Lipinski definition) is 6. The lowest BCUT2D eigenvalue weighted by Gasteiger charge is -2.22. The van der Waals surface area contributed by atoms with Gasteiger partial charge in [0.2, 0.25) is 0 Å². The predicted octanol–water partition coefficient (Wildman–Crippen LogP) is 3.28. The van der Waals surface area contributed by atoms with Crippen LogP contribution in [0.5, 0.6) is 5.75 Å². The van der Waals surface area contributed by atoms with Crippen molar-refractivity contribution in [2.24, 2.45) is 0 Å². The monoisotopic (exact) mass is 421 g/mol. The Morgan fingerprint density at radius 2 is 1.73 bits per heavy atom. The fraction of sp³-hybridized carbons (Fsp3) is 0.591. The van der Waals surface area contributed by atoms with E-state index in [-0.39, 0.29) is 0 Å². The highest BCUT2D eigenvalue weighted by atomic mass is 16.5. The van der Waals surface area contributed by atoms with Crippen LogP contribution in [0.3, 0.4) is 0 Å². The van der Waals surface area contributed by atoms with Crippen molar-refractivity contribution >= 4 is 17.6 Å². The van der Waals surface area contributed by atoms with E-state index in [0.717, 1.165) is 38.4 Å². The summed E-state index contributed by atoms with van der Waals surface area (Å²) in [4.78, 5) is 28.3. The summed E-state index contributed by atoms with van der Waals surface area (Å²) < 4.78 is 5.87. The number of likely N-dealkylation sites (N-methyl/N-ethyl adjacent to an activating group) is 1. The lowest BCUT2D eigenvalue weighted by Crippen LogP contribution is -2.28.